The summed E-state index contributed by atoms with van der Waals surface area (Å²) >= 11 is 0. The molecule has 1 aliphatic heterocycles. The van der Waals surface area contributed by atoms with E-state index in [2.05, 4.69) is 50.0 Å². The molecule has 0 radical (unpaired) electrons. The van der Waals surface area contributed by atoms with Gasteiger partial charge in [0.05, 0.1) is 0 Å². The molecule has 0 atom stereocenters. The summed E-state index contributed by atoms with van der Waals surface area (Å²) < 4.78 is 0. The molecular formula is C12H15N. The minimum absolute atomic E-state index is 0.175. The van der Waals surface area contributed by atoms with Gasteiger partial charge in [0, 0.05) is 16.8 Å². The van der Waals surface area contributed by atoms with Crippen LogP contribution in [0.2, 0.25) is 0 Å². The van der Waals surface area contributed by atoms with E-state index in [1.807, 2.05) is 0 Å². The molecule has 1 aliphatic rings. The number of rotatable bonds is 0. The van der Waals surface area contributed by atoms with Gasteiger partial charge in [0.25, 0.3) is 0 Å². The van der Waals surface area contributed by atoms with Gasteiger partial charge in [0.15, 0.2) is 0 Å². The van der Waals surface area contributed by atoms with Gasteiger partial charge < -0.3 is 5.32 Å². The Morgan fingerprint density at radius 2 is 2.00 bits per heavy atom. The second-order valence-electron chi connectivity index (χ2n) is 4.32. The highest BCUT2D eigenvalue weighted by Gasteiger charge is 2.27. The van der Waals surface area contributed by atoms with Gasteiger partial charge in [0.2, 0.25) is 0 Å². The summed E-state index contributed by atoms with van der Waals surface area (Å²) in [6, 6.07) is 8.42. The molecule has 0 unspecified atom stereocenters. The topological polar surface area (TPSA) is 12.0 Å². The van der Waals surface area contributed by atoms with E-state index in [1.54, 1.807) is 0 Å². The van der Waals surface area contributed by atoms with E-state index in [4.69, 9.17) is 0 Å². The van der Waals surface area contributed by atoms with E-state index in [-0.39, 0.29) is 5.41 Å². The number of hydrogen-bond acceptors (Lipinski definition) is 1. The first-order valence-electron chi connectivity index (χ1n) is 4.64. The zero-order valence-electron chi connectivity index (χ0n) is 8.22. The smallest absolute Gasteiger partial charge is 0.0414 e. The quantitative estimate of drug-likeness (QED) is 0.635. The van der Waals surface area contributed by atoms with Gasteiger partial charge in [-0.3, -0.25) is 0 Å². The minimum Gasteiger partial charge on any atom is -0.359 e. The van der Waals surface area contributed by atoms with Gasteiger partial charge in [-0.1, -0.05) is 38.6 Å². The van der Waals surface area contributed by atoms with Crippen molar-refractivity contribution in [2.24, 2.45) is 5.41 Å². The Balaban J connectivity index is 2.44. The molecule has 0 aromatic heterocycles. The molecule has 1 nitrogen and oxygen atoms in total. The first-order chi connectivity index (χ1) is 6.09. The zero-order chi connectivity index (χ0) is 9.47. The van der Waals surface area contributed by atoms with Crippen LogP contribution < -0.4 is 5.32 Å². The molecular weight excluding hydrogens is 158 g/mol. The number of hydrogen-bond donors (Lipinski definition) is 1. The van der Waals surface area contributed by atoms with Crippen molar-refractivity contribution in [3.8, 4) is 0 Å². The van der Waals surface area contributed by atoms with Crippen molar-refractivity contribution >= 4 is 5.69 Å². The van der Waals surface area contributed by atoms with Crippen LogP contribution in [0.5, 0.6) is 0 Å². The van der Waals surface area contributed by atoms with Crippen LogP contribution in [0.15, 0.2) is 36.5 Å². The maximum atomic E-state index is 4.05. The average molecular weight is 173 g/mol. The van der Waals surface area contributed by atoms with Crippen LogP contribution in [0.4, 0.5) is 5.69 Å². The molecule has 2 rings (SSSR count). The summed E-state index contributed by atoms with van der Waals surface area (Å²) in [7, 11) is 0. The van der Waals surface area contributed by atoms with Crippen molar-refractivity contribution < 1.29 is 0 Å². The van der Waals surface area contributed by atoms with Gasteiger partial charge in [-0.15, -0.1) is 0 Å². The predicted octanol–water partition coefficient (Wildman–Crippen LogP) is 3.19. The molecule has 1 N–H and O–H groups in total. The third kappa shape index (κ3) is 1.35. The predicted molar refractivity (Wildman–Crippen MR) is 56.7 cm³/mol. The molecule has 0 saturated carbocycles. The highest BCUT2D eigenvalue weighted by molar-refractivity contribution is 5.58. The van der Waals surface area contributed by atoms with Gasteiger partial charge in [-0.2, -0.15) is 0 Å². The summed E-state index contributed by atoms with van der Waals surface area (Å²) in [5, 5.41) is 3.36. The zero-order valence-corrected chi connectivity index (χ0v) is 8.22. The molecule has 0 saturated heterocycles. The van der Waals surface area contributed by atoms with Gasteiger partial charge in [0.1, 0.15) is 0 Å². The van der Waals surface area contributed by atoms with Gasteiger partial charge in [-0.05, 0) is 18.1 Å². The largest absolute Gasteiger partial charge is 0.359 e. The molecule has 1 aromatic rings. The third-order valence-electron chi connectivity index (χ3n) is 2.75. The highest BCUT2D eigenvalue weighted by Crippen LogP contribution is 2.37. The Hall–Kier alpha value is -1.24. The Kier molecular flexibility index (Phi) is 1.69. The van der Waals surface area contributed by atoms with E-state index in [0.29, 0.717) is 0 Å². The molecule has 0 fully saturated rings. The van der Waals surface area contributed by atoms with Gasteiger partial charge >= 0.3 is 0 Å². The van der Waals surface area contributed by atoms with Crippen molar-refractivity contribution in [2.45, 2.75) is 20.3 Å². The van der Waals surface area contributed by atoms with Crippen LogP contribution in [-0.2, 0) is 6.42 Å². The van der Waals surface area contributed by atoms with E-state index in [1.165, 1.54) is 11.3 Å². The number of benzene rings is 1. The Labute approximate surface area is 79.5 Å². The van der Waals surface area contributed by atoms with Crippen LogP contribution in [-0.4, -0.2) is 0 Å². The van der Waals surface area contributed by atoms with Crippen molar-refractivity contribution in [1.82, 2.24) is 0 Å². The summed E-state index contributed by atoms with van der Waals surface area (Å²) in [6.07, 6.45) is 1.08. The molecule has 13 heavy (non-hydrogen) atoms. The summed E-state index contributed by atoms with van der Waals surface area (Å²) in [5.74, 6) is 0. The molecule has 1 heteroatoms. The fraction of sp³-hybridized carbons (Fsp3) is 0.333. The Morgan fingerprint density at radius 1 is 1.31 bits per heavy atom. The minimum atomic E-state index is 0.175. The van der Waals surface area contributed by atoms with E-state index in [0.717, 1.165) is 12.1 Å². The van der Waals surface area contributed by atoms with Crippen LogP contribution >= 0.6 is 0 Å². The second kappa shape index (κ2) is 2.63. The lowest BCUT2D eigenvalue weighted by atomic mass is 9.79. The third-order valence-corrected chi connectivity index (χ3v) is 2.75. The van der Waals surface area contributed by atoms with Crippen molar-refractivity contribution in [3.05, 3.63) is 42.1 Å². The maximum Gasteiger partial charge on any atom is 0.0414 e. The number of fused-ring (bicyclic) bond motifs is 1. The van der Waals surface area contributed by atoms with E-state index >= 15 is 0 Å². The van der Waals surface area contributed by atoms with Crippen LogP contribution in [0.3, 0.4) is 0 Å². The number of nitrogens with one attached hydrogen (secondary N) is 1. The molecule has 0 spiro atoms. The fourth-order valence-electron chi connectivity index (χ4n) is 1.71. The lowest BCUT2D eigenvalue weighted by molar-refractivity contribution is 0.439. The number of anilines is 1. The monoisotopic (exact) mass is 173 g/mol. The van der Waals surface area contributed by atoms with E-state index in [9.17, 15) is 0 Å². The second-order valence-corrected chi connectivity index (χ2v) is 4.32. The van der Waals surface area contributed by atoms with Crippen molar-refractivity contribution in [3.63, 3.8) is 0 Å². The first kappa shape index (κ1) is 8.36. The maximum absolute atomic E-state index is 4.05. The lowest BCUT2D eigenvalue weighted by Crippen LogP contribution is -2.27. The Morgan fingerprint density at radius 3 is 2.77 bits per heavy atom. The first-order valence-corrected chi connectivity index (χ1v) is 4.64. The number of allylic oxidation sites excluding steroid dienone is 1. The average Bonchev–Trinajstić information content (AvgIpc) is 2.06. The number of para-hydroxylation sites is 1. The standard InChI is InChI=1S/C12H15N/c1-9-12(2,3)8-10-6-4-5-7-11(10)13-9/h4-7,13H,1,8H2,2-3H3. The molecule has 68 valence electrons. The Bertz CT molecular complexity index is 350. The van der Waals surface area contributed by atoms with Gasteiger partial charge in [-0.25, -0.2) is 0 Å². The molecule has 1 aromatic carbocycles. The van der Waals surface area contributed by atoms with E-state index < -0.39 is 0 Å². The lowest BCUT2D eigenvalue weighted by Gasteiger charge is -2.34. The van der Waals surface area contributed by atoms with Crippen LogP contribution in [0.1, 0.15) is 19.4 Å². The normalized spacial score (nSPS) is 19.1. The molecule has 0 amide bonds. The summed E-state index contributed by atoms with van der Waals surface area (Å²) in [4.78, 5) is 0. The molecule has 0 bridgehead atoms. The molecule has 0 aliphatic carbocycles. The SMILES string of the molecule is C=C1Nc2ccccc2CC1(C)C. The highest BCUT2D eigenvalue weighted by atomic mass is 14.9. The van der Waals surface area contributed by atoms with Crippen molar-refractivity contribution in [1.29, 1.82) is 0 Å². The van der Waals surface area contributed by atoms with Crippen LogP contribution in [0.25, 0.3) is 0 Å². The summed E-state index contributed by atoms with van der Waals surface area (Å²) in [5.41, 5.74) is 3.90. The van der Waals surface area contributed by atoms with Crippen LogP contribution in [0, 0.1) is 5.41 Å². The summed E-state index contributed by atoms with van der Waals surface area (Å²) in [6.45, 7) is 8.50. The van der Waals surface area contributed by atoms with Crippen molar-refractivity contribution in [2.75, 3.05) is 5.32 Å². The fourth-order valence-corrected chi connectivity index (χ4v) is 1.71. The molecule has 1 heterocycles.